The van der Waals surface area contributed by atoms with Crippen molar-refractivity contribution in [2.45, 2.75) is 38.8 Å². The molecule has 0 aliphatic carbocycles. The molecule has 0 atom stereocenters. The first-order chi connectivity index (χ1) is 7.14. The number of hydrogen-bond acceptors (Lipinski definition) is 3. The van der Waals surface area contributed by atoms with Crippen molar-refractivity contribution in [2.24, 2.45) is 0 Å². The summed E-state index contributed by atoms with van der Waals surface area (Å²) in [7, 11) is -0.275. The minimum atomic E-state index is -1.61. The van der Waals surface area contributed by atoms with E-state index >= 15 is 0 Å². The third kappa shape index (κ3) is 5.02. The van der Waals surface area contributed by atoms with Gasteiger partial charge in [0.05, 0.1) is 13.3 Å². The Kier molecular flexibility index (Phi) is 7.12. The van der Waals surface area contributed by atoms with Crippen LogP contribution in [-0.2, 0) is 9.47 Å². The molecular weight excluding hydrogens is 208 g/mol. The van der Waals surface area contributed by atoms with Gasteiger partial charge in [0.2, 0.25) is 0 Å². The summed E-state index contributed by atoms with van der Waals surface area (Å²) in [6.45, 7) is 8.21. The molecule has 0 aliphatic rings. The van der Waals surface area contributed by atoms with E-state index in [0.29, 0.717) is 6.23 Å². The lowest BCUT2D eigenvalue weighted by molar-refractivity contribution is 0.0849. The van der Waals surface area contributed by atoms with Crippen LogP contribution < -0.4 is 0 Å². The van der Waals surface area contributed by atoms with E-state index in [9.17, 15) is 4.79 Å². The molecule has 0 rings (SSSR count). The van der Waals surface area contributed by atoms with Crippen molar-refractivity contribution in [1.29, 1.82) is 0 Å². The van der Waals surface area contributed by atoms with Gasteiger partial charge in [-0.15, -0.1) is 6.58 Å². The SMILES string of the molecule is C=C[Si](CCC)(CCC)COC(=O)OC. The third-order valence-corrected chi connectivity index (χ3v) is 7.15. The predicted molar refractivity (Wildman–Crippen MR) is 64.5 cm³/mol. The molecule has 3 nitrogen and oxygen atoms in total. The van der Waals surface area contributed by atoms with Gasteiger partial charge >= 0.3 is 6.16 Å². The first-order valence-corrected chi connectivity index (χ1v) is 8.18. The highest BCUT2D eigenvalue weighted by atomic mass is 28.3. The average Bonchev–Trinajstić information content (AvgIpc) is 2.26. The predicted octanol–water partition coefficient (Wildman–Crippen LogP) is 3.30. The van der Waals surface area contributed by atoms with Crippen molar-refractivity contribution in [3.63, 3.8) is 0 Å². The molecule has 0 N–H and O–H groups in total. The van der Waals surface area contributed by atoms with Gasteiger partial charge in [0.25, 0.3) is 0 Å². The lowest BCUT2D eigenvalue weighted by Crippen LogP contribution is -2.39. The number of rotatable bonds is 7. The summed E-state index contributed by atoms with van der Waals surface area (Å²) in [4.78, 5) is 10.9. The zero-order chi connectivity index (χ0) is 11.7. The van der Waals surface area contributed by atoms with Crippen LogP contribution in [0.4, 0.5) is 4.79 Å². The molecule has 0 saturated carbocycles. The highest BCUT2D eigenvalue weighted by Crippen LogP contribution is 2.21. The summed E-state index contributed by atoms with van der Waals surface area (Å²) in [6.07, 6.45) is 2.15. The van der Waals surface area contributed by atoms with Gasteiger partial charge in [-0.05, 0) is 0 Å². The molecular formula is C11H22O3Si. The molecule has 15 heavy (non-hydrogen) atoms. The lowest BCUT2D eigenvalue weighted by atomic mass is 10.6. The Labute approximate surface area is 93.5 Å². The van der Waals surface area contributed by atoms with Crippen LogP contribution in [0, 0.1) is 0 Å². The number of methoxy groups -OCH3 is 1. The number of carbonyl (C=O) groups is 1. The second-order valence-electron chi connectivity index (χ2n) is 3.81. The highest BCUT2D eigenvalue weighted by Gasteiger charge is 2.29. The number of carbonyl (C=O) groups excluding carboxylic acids is 1. The Hall–Kier alpha value is -0.773. The first kappa shape index (κ1) is 14.2. The Morgan fingerprint density at radius 3 is 2.20 bits per heavy atom. The number of ether oxygens (including phenoxy) is 2. The molecule has 0 fully saturated rings. The number of hydrogen-bond donors (Lipinski definition) is 0. The van der Waals surface area contributed by atoms with Crippen LogP contribution in [0.5, 0.6) is 0 Å². The maximum absolute atomic E-state index is 10.9. The van der Waals surface area contributed by atoms with Crippen molar-refractivity contribution in [3.8, 4) is 0 Å². The molecule has 0 unspecified atom stereocenters. The Morgan fingerprint density at radius 2 is 1.87 bits per heavy atom. The maximum Gasteiger partial charge on any atom is 0.507 e. The molecule has 0 bridgehead atoms. The summed E-state index contributed by atoms with van der Waals surface area (Å²) in [5, 5.41) is 0. The summed E-state index contributed by atoms with van der Waals surface area (Å²) < 4.78 is 9.56. The van der Waals surface area contributed by atoms with Crippen LogP contribution in [0.2, 0.25) is 12.1 Å². The first-order valence-electron chi connectivity index (χ1n) is 5.48. The largest absolute Gasteiger partial charge is 0.507 e. The van der Waals surface area contributed by atoms with E-state index in [0.717, 1.165) is 24.9 Å². The highest BCUT2D eigenvalue weighted by molar-refractivity contribution is 6.84. The molecule has 4 heteroatoms. The van der Waals surface area contributed by atoms with Crippen molar-refractivity contribution in [1.82, 2.24) is 0 Å². The molecule has 0 spiro atoms. The van der Waals surface area contributed by atoms with Gasteiger partial charge in [-0.25, -0.2) is 4.79 Å². The molecule has 88 valence electrons. The standard InChI is InChI=1S/C11H22O3Si/c1-5-8-15(7-3,9-6-2)10-14-11(12)13-4/h7H,3,5-6,8-10H2,1-2,4H3. The monoisotopic (exact) mass is 230 g/mol. The molecule has 0 aromatic rings. The quantitative estimate of drug-likeness (QED) is 0.497. The van der Waals surface area contributed by atoms with Gasteiger partial charge in [0.15, 0.2) is 0 Å². The van der Waals surface area contributed by atoms with Gasteiger partial charge in [0.1, 0.15) is 8.07 Å². The second-order valence-corrected chi connectivity index (χ2v) is 8.23. The van der Waals surface area contributed by atoms with Crippen molar-refractivity contribution in [3.05, 3.63) is 12.3 Å². The van der Waals surface area contributed by atoms with Crippen LogP contribution in [0.1, 0.15) is 26.7 Å². The molecule has 0 aromatic heterocycles. The molecule has 0 radical (unpaired) electrons. The van der Waals surface area contributed by atoms with Gasteiger partial charge in [0, 0.05) is 0 Å². The van der Waals surface area contributed by atoms with E-state index in [1.807, 2.05) is 5.70 Å². The summed E-state index contributed by atoms with van der Waals surface area (Å²) in [6, 6.07) is 2.25. The van der Waals surface area contributed by atoms with Crippen LogP contribution in [0.25, 0.3) is 0 Å². The van der Waals surface area contributed by atoms with Gasteiger partial charge in [-0.2, -0.15) is 0 Å². The fraction of sp³-hybridized carbons (Fsp3) is 0.727. The molecule has 0 saturated heterocycles. The Morgan fingerprint density at radius 1 is 1.33 bits per heavy atom. The van der Waals surface area contributed by atoms with Crippen LogP contribution in [0.3, 0.4) is 0 Å². The lowest BCUT2D eigenvalue weighted by Gasteiger charge is -2.26. The zero-order valence-electron chi connectivity index (χ0n) is 10.0. The van der Waals surface area contributed by atoms with E-state index in [-0.39, 0.29) is 0 Å². The van der Waals surface area contributed by atoms with Crippen molar-refractivity contribution < 1.29 is 14.3 Å². The van der Waals surface area contributed by atoms with E-state index in [2.05, 4.69) is 25.2 Å². The molecule has 0 heterocycles. The molecule has 0 aliphatic heterocycles. The average molecular weight is 230 g/mol. The summed E-state index contributed by atoms with van der Waals surface area (Å²) >= 11 is 0. The van der Waals surface area contributed by atoms with Crippen LogP contribution in [0.15, 0.2) is 12.3 Å². The molecule has 0 aromatic carbocycles. The fourth-order valence-corrected chi connectivity index (χ4v) is 5.25. The summed E-state index contributed by atoms with van der Waals surface area (Å²) in [5.41, 5.74) is 2.04. The smallest absolute Gasteiger partial charge is 0.438 e. The minimum absolute atomic E-state index is 0.505. The van der Waals surface area contributed by atoms with E-state index in [1.165, 1.54) is 7.11 Å². The van der Waals surface area contributed by atoms with Crippen LogP contribution in [-0.4, -0.2) is 27.6 Å². The topological polar surface area (TPSA) is 35.5 Å². The maximum atomic E-state index is 10.9. The Balaban J connectivity index is 4.32. The van der Waals surface area contributed by atoms with Gasteiger partial charge in [-0.3, -0.25) is 0 Å². The van der Waals surface area contributed by atoms with Crippen molar-refractivity contribution in [2.75, 3.05) is 13.3 Å². The Bertz CT molecular complexity index is 198. The normalized spacial score (nSPS) is 10.9. The second kappa shape index (κ2) is 7.51. The van der Waals surface area contributed by atoms with Gasteiger partial charge in [-0.1, -0.05) is 44.5 Å². The van der Waals surface area contributed by atoms with E-state index in [1.54, 1.807) is 0 Å². The van der Waals surface area contributed by atoms with Crippen molar-refractivity contribution >= 4 is 14.2 Å². The fourth-order valence-electron chi connectivity index (χ4n) is 1.79. The van der Waals surface area contributed by atoms with Crippen LogP contribution >= 0.6 is 0 Å². The third-order valence-electron chi connectivity index (χ3n) is 2.57. The van der Waals surface area contributed by atoms with E-state index < -0.39 is 14.2 Å². The van der Waals surface area contributed by atoms with Gasteiger partial charge < -0.3 is 9.47 Å². The van der Waals surface area contributed by atoms with E-state index in [4.69, 9.17) is 4.74 Å². The zero-order valence-corrected chi connectivity index (χ0v) is 11.0. The minimum Gasteiger partial charge on any atom is -0.438 e. The summed E-state index contributed by atoms with van der Waals surface area (Å²) in [5.74, 6) is 0. The molecule has 0 amide bonds.